The lowest BCUT2D eigenvalue weighted by Crippen LogP contribution is -2.24. The first-order valence-electron chi connectivity index (χ1n) is 4.24. The molecule has 0 aliphatic carbocycles. The monoisotopic (exact) mass is 336 g/mol. The molecule has 0 aliphatic rings. The minimum atomic E-state index is -1.12. The molecule has 0 spiro atoms. The van der Waals surface area contributed by atoms with E-state index in [2.05, 4.69) is 36.6 Å². The summed E-state index contributed by atoms with van der Waals surface area (Å²) in [5.41, 5.74) is 0.858. The maximum Gasteiger partial charge on any atom is 0.335 e. The third-order valence-electron chi connectivity index (χ3n) is 1.90. The van der Waals surface area contributed by atoms with E-state index >= 15 is 0 Å². The Morgan fingerprint density at radius 2 is 2.20 bits per heavy atom. The number of rotatable bonds is 3. The van der Waals surface area contributed by atoms with Gasteiger partial charge in [-0.05, 0) is 17.7 Å². The fourth-order valence-corrected chi connectivity index (χ4v) is 2.32. The van der Waals surface area contributed by atoms with Gasteiger partial charge < -0.3 is 9.84 Å². The van der Waals surface area contributed by atoms with Crippen molar-refractivity contribution in [3.05, 3.63) is 32.7 Å². The first-order chi connectivity index (χ1) is 7.04. The van der Waals surface area contributed by atoms with Crippen LogP contribution in [0.15, 0.2) is 27.1 Å². The zero-order chi connectivity index (χ0) is 11.4. The van der Waals surface area contributed by atoms with Crippen molar-refractivity contribution in [1.82, 2.24) is 0 Å². The summed E-state index contributed by atoms with van der Waals surface area (Å²) in [5.74, 6) is -0.621. The highest BCUT2D eigenvalue weighted by atomic mass is 79.9. The Morgan fingerprint density at radius 1 is 1.53 bits per heavy atom. The van der Waals surface area contributed by atoms with Crippen molar-refractivity contribution in [2.75, 3.05) is 7.11 Å². The van der Waals surface area contributed by atoms with Crippen LogP contribution in [0, 0.1) is 0 Å². The van der Waals surface area contributed by atoms with Gasteiger partial charge in [0.25, 0.3) is 0 Å². The molecular formula is C10H10Br2O3. The molecule has 1 rings (SSSR count). The molecule has 3 nitrogen and oxygen atoms in total. The number of hydrogen-bond acceptors (Lipinski definition) is 3. The number of esters is 1. The van der Waals surface area contributed by atoms with Crippen LogP contribution in [0.1, 0.15) is 5.56 Å². The zero-order valence-electron chi connectivity index (χ0n) is 8.04. The second-order valence-corrected chi connectivity index (χ2v) is 4.75. The molecule has 0 saturated heterocycles. The van der Waals surface area contributed by atoms with Crippen LogP contribution in [0.5, 0.6) is 0 Å². The van der Waals surface area contributed by atoms with E-state index in [1.54, 1.807) is 0 Å². The van der Waals surface area contributed by atoms with E-state index in [-0.39, 0.29) is 6.42 Å². The molecule has 0 radical (unpaired) electrons. The Bertz CT molecular complexity index is 366. The van der Waals surface area contributed by atoms with E-state index in [0.717, 1.165) is 14.5 Å². The number of hydrogen-bond donors (Lipinski definition) is 1. The summed E-state index contributed by atoms with van der Waals surface area (Å²) in [5, 5.41) is 9.46. The van der Waals surface area contributed by atoms with Gasteiger partial charge in [-0.1, -0.05) is 37.9 Å². The normalized spacial score (nSPS) is 12.3. The zero-order valence-corrected chi connectivity index (χ0v) is 11.2. The van der Waals surface area contributed by atoms with Gasteiger partial charge in [0.15, 0.2) is 6.10 Å². The highest BCUT2D eigenvalue weighted by Gasteiger charge is 2.17. The number of carbonyl (C=O) groups excluding carboxylic acids is 1. The molecule has 5 heteroatoms. The Labute approximate surface area is 105 Å². The predicted octanol–water partition coefficient (Wildman–Crippen LogP) is 2.29. The summed E-state index contributed by atoms with van der Waals surface area (Å²) < 4.78 is 6.22. The third-order valence-corrected chi connectivity index (χ3v) is 3.13. The van der Waals surface area contributed by atoms with Crippen molar-refractivity contribution < 1.29 is 14.6 Å². The summed E-state index contributed by atoms with van der Waals surface area (Å²) in [7, 11) is 1.25. The van der Waals surface area contributed by atoms with Gasteiger partial charge in [-0.2, -0.15) is 0 Å². The van der Waals surface area contributed by atoms with Crippen LogP contribution in [0.4, 0.5) is 0 Å². The van der Waals surface area contributed by atoms with Crippen LogP contribution in [-0.4, -0.2) is 24.3 Å². The molecular weight excluding hydrogens is 328 g/mol. The molecule has 0 aliphatic heterocycles. The van der Waals surface area contributed by atoms with E-state index in [4.69, 9.17) is 0 Å². The fraction of sp³-hybridized carbons (Fsp3) is 0.300. The van der Waals surface area contributed by atoms with E-state index in [1.165, 1.54) is 7.11 Å². The molecule has 1 aromatic carbocycles. The molecule has 0 aromatic heterocycles. The average Bonchev–Trinajstić information content (AvgIpc) is 2.20. The van der Waals surface area contributed by atoms with E-state index < -0.39 is 12.1 Å². The summed E-state index contributed by atoms with van der Waals surface area (Å²) in [6, 6.07) is 5.55. The van der Waals surface area contributed by atoms with E-state index in [0.29, 0.717) is 0 Å². The molecule has 0 saturated carbocycles. The highest BCUT2D eigenvalue weighted by Crippen LogP contribution is 2.23. The largest absolute Gasteiger partial charge is 0.467 e. The molecule has 0 heterocycles. The molecule has 1 atom stereocenters. The molecule has 1 N–H and O–H groups in total. The van der Waals surface area contributed by atoms with Crippen molar-refractivity contribution in [2.45, 2.75) is 12.5 Å². The number of benzene rings is 1. The van der Waals surface area contributed by atoms with Gasteiger partial charge in [0.05, 0.1) is 7.11 Å². The number of aliphatic hydroxyl groups is 1. The van der Waals surface area contributed by atoms with Crippen molar-refractivity contribution >= 4 is 37.8 Å². The number of aliphatic hydroxyl groups excluding tert-OH is 1. The van der Waals surface area contributed by atoms with Gasteiger partial charge in [-0.3, -0.25) is 0 Å². The lowest BCUT2D eigenvalue weighted by atomic mass is 10.1. The van der Waals surface area contributed by atoms with Crippen molar-refractivity contribution in [2.24, 2.45) is 0 Å². The minimum Gasteiger partial charge on any atom is -0.467 e. The van der Waals surface area contributed by atoms with Crippen LogP contribution in [0.25, 0.3) is 0 Å². The minimum absolute atomic E-state index is 0.237. The van der Waals surface area contributed by atoms with Crippen LogP contribution in [-0.2, 0) is 16.0 Å². The van der Waals surface area contributed by atoms with Crippen LogP contribution in [0.3, 0.4) is 0 Å². The summed E-state index contributed by atoms with van der Waals surface area (Å²) >= 11 is 6.67. The summed E-state index contributed by atoms with van der Waals surface area (Å²) in [6.07, 6.45) is -0.881. The Balaban J connectivity index is 2.76. The molecule has 1 unspecified atom stereocenters. The van der Waals surface area contributed by atoms with E-state index in [1.807, 2.05) is 18.2 Å². The van der Waals surface area contributed by atoms with Gasteiger partial charge in [0.1, 0.15) is 0 Å². The maximum absolute atomic E-state index is 11.0. The predicted molar refractivity (Wildman–Crippen MR) is 63.6 cm³/mol. The molecule has 82 valence electrons. The summed E-state index contributed by atoms with van der Waals surface area (Å²) in [6.45, 7) is 0. The Morgan fingerprint density at radius 3 is 2.73 bits per heavy atom. The van der Waals surface area contributed by atoms with Gasteiger partial charge in [0.2, 0.25) is 0 Å². The smallest absolute Gasteiger partial charge is 0.335 e. The average molecular weight is 338 g/mol. The lowest BCUT2D eigenvalue weighted by molar-refractivity contribution is -0.150. The van der Waals surface area contributed by atoms with Gasteiger partial charge in [0, 0.05) is 15.4 Å². The molecule has 0 bridgehead atoms. The highest BCUT2D eigenvalue weighted by molar-refractivity contribution is 9.11. The number of ether oxygens (including phenoxy) is 1. The second-order valence-electron chi connectivity index (χ2n) is 2.98. The number of carbonyl (C=O) groups is 1. The van der Waals surface area contributed by atoms with Gasteiger partial charge in [-0.15, -0.1) is 0 Å². The topological polar surface area (TPSA) is 46.5 Å². The fourth-order valence-electron chi connectivity index (χ4n) is 1.11. The van der Waals surface area contributed by atoms with E-state index in [9.17, 15) is 9.90 Å². The first kappa shape index (κ1) is 12.7. The van der Waals surface area contributed by atoms with Crippen LogP contribution in [0.2, 0.25) is 0 Å². The molecule has 0 fully saturated rings. The lowest BCUT2D eigenvalue weighted by Gasteiger charge is -2.09. The molecule has 15 heavy (non-hydrogen) atoms. The Kier molecular flexibility index (Phi) is 4.76. The number of methoxy groups -OCH3 is 1. The van der Waals surface area contributed by atoms with Crippen LogP contribution < -0.4 is 0 Å². The molecule has 1 aromatic rings. The van der Waals surface area contributed by atoms with Crippen LogP contribution >= 0.6 is 31.9 Å². The second kappa shape index (κ2) is 5.63. The van der Waals surface area contributed by atoms with Gasteiger partial charge in [-0.25, -0.2) is 4.79 Å². The van der Waals surface area contributed by atoms with Gasteiger partial charge >= 0.3 is 5.97 Å². The third kappa shape index (κ3) is 3.59. The standard InChI is InChI=1S/C10H10Br2O3/c1-15-10(14)9(13)4-6-2-3-7(11)5-8(6)12/h2-3,5,9,13H,4H2,1H3. The first-order valence-corrected chi connectivity index (χ1v) is 5.83. The van der Waals surface area contributed by atoms with Crippen molar-refractivity contribution in [1.29, 1.82) is 0 Å². The SMILES string of the molecule is COC(=O)C(O)Cc1ccc(Br)cc1Br. The Hall–Kier alpha value is -0.390. The van der Waals surface area contributed by atoms with Crippen molar-refractivity contribution in [3.8, 4) is 0 Å². The number of halogens is 2. The summed E-state index contributed by atoms with van der Waals surface area (Å²) in [4.78, 5) is 11.0. The molecule has 0 amide bonds. The maximum atomic E-state index is 11.0. The quantitative estimate of drug-likeness (QED) is 0.861. The van der Waals surface area contributed by atoms with Crippen molar-refractivity contribution in [3.63, 3.8) is 0 Å².